The van der Waals surface area contributed by atoms with Crippen molar-refractivity contribution in [2.24, 2.45) is 5.73 Å². The molecule has 0 saturated carbocycles. The molecule has 1 fully saturated rings. The first-order valence-corrected chi connectivity index (χ1v) is 5.53. The Labute approximate surface area is 91.7 Å². The molecule has 5 heteroatoms. The quantitative estimate of drug-likeness (QED) is 0.820. The van der Waals surface area contributed by atoms with E-state index in [1.54, 1.807) is 12.4 Å². The van der Waals surface area contributed by atoms with Crippen molar-refractivity contribution in [2.75, 3.05) is 18.0 Å². The largest absolute Gasteiger partial charge is 0.354 e. The van der Waals surface area contributed by atoms with E-state index in [-0.39, 0.29) is 6.04 Å². The smallest absolute Gasteiger partial charge is 0.147 e. The van der Waals surface area contributed by atoms with Crippen LogP contribution in [0.2, 0.25) is 0 Å². The molecule has 2 heterocycles. The van der Waals surface area contributed by atoms with Gasteiger partial charge in [0.2, 0.25) is 0 Å². The Morgan fingerprint density at radius 3 is 2.93 bits per heavy atom. The van der Waals surface area contributed by atoms with E-state index in [1.165, 1.54) is 0 Å². The minimum absolute atomic E-state index is 0.272. The van der Waals surface area contributed by atoms with Crippen LogP contribution in [0.1, 0.15) is 12.8 Å². The average Bonchev–Trinajstić information content (AvgIpc) is 2.19. The summed E-state index contributed by atoms with van der Waals surface area (Å²) in [5, 5.41) is 0. The molecule has 0 radical (unpaired) electrons. The van der Waals surface area contributed by atoms with Crippen molar-refractivity contribution in [3.63, 3.8) is 0 Å². The molecule has 4 nitrogen and oxygen atoms in total. The predicted molar refractivity (Wildman–Crippen MR) is 59.2 cm³/mol. The van der Waals surface area contributed by atoms with Crippen LogP contribution in [0.3, 0.4) is 0 Å². The van der Waals surface area contributed by atoms with Gasteiger partial charge in [-0.15, -0.1) is 0 Å². The Hall–Kier alpha value is -0.680. The van der Waals surface area contributed by atoms with Crippen molar-refractivity contribution >= 4 is 21.7 Å². The maximum absolute atomic E-state index is 5.89. The predicted octanol–water partition coefficient (Wildman–Crippen LogP) is 1.17. The van der Waals surface area contributed by atoms with E-state index >= 15 is 0 Å². The average molecular weight is 257 g/mol. The molecule has 0 aliphatic carbocycles. The van der Waals surface area contributed by atoms with E-state index in [4.69, 9.17) is 5.73 Å². The van der Waals surface area contributed by atoms with Crippen LogP contribution in [0.15, 0.2) is 17.0 Å². The van der Waals surface area contributed by atoms with Crippen LogP contribution >= 0.6 is 15.9 Å². The fourth-order valence-electron chi connectivity index (χ4n) is 1.69. The maximum Gasteiger partial charge on any atom is 0.147 e. The van der Waals surface area contributed by atoms with Gasteiger partial charge in [-0.1, -0.05) is 0 Å². The number of nitrogens with two attached hydrogens (primary N) is 1. The lowest BCUT2D eigenvalue weighted by Crippen LogP contribution is -2.43. The van der Waals surface area contributed by atoms with Crippen LogP contribution in [0.5, 0.6) is 0 Å². The Morgan fingerprint density at radius 2 is 2.29 bits per heavy atom. The van der Waals surface area contributed by atoms with E-state index in [0.29, 0.717) is 0 Å². The highest BCUT2D eigenvalue weighted by Crippen LogP contribution is 2.16. The zero-order valence-electron chi connectivity index (χ0n) is 7.86. The van der Waals surface area contributed by atoms with E-state index in [0.717, 1.165) is 36.4 Å². The first-order valence-electron chi connectivity index (χ1n) is 4.74. The fraction of sp³-hybridized carbons (Fsp3) is 0.556. The van der Waals surface area contributed by atoms with Crippen LogP contribution in [-0.2, 0) is 0 Å². The zero-order chi connectivity index (χ0) is 9.97. The molecule has 2 N–H and O–H groups in total. The molecule has 0 amide bonds. The van der Waals surface area contributed by atoms with Gasteiger partial charge in [0.1, 0.15) is 10.4 Å². The lowest BCUT2D eigenvalue weighted by atomic mass is 10.1. The van der Waals surface area contributed by atoms with E-state index in [2.05, 4.69) is 30.8 Å². The second-order valence-electron chi connectivity index (χ2n) is 3.55. The number of aromatic nitrogens is 2. The summed E-state index contributed by atoms with van der Waals surface area (Å²) in [6.07, 6.45) is 5.75. The molecule has 1 aliphatic heterocycles. The molecule has 1 aromatic heterocycles. The summed E-state index contributed by atoms with van der Waals surface area (Å²) >= 11 is 3.26. The highest BCUT2D eigenvalue weighted by atomic mass is 79.9. The normalized spacial score (nSPS) is 22.4. The number of anilines is 1. The van der Waals surface area contributed by atoms with Gasteiger partial charge in [0.15, 0.2) is 0 Å². The summed E-state index contributed by atoms with van der Waals surface area (Å²) in [4.78, 5) is 10.6. The van der Waals surface area contributed by atoms with Crippen molar-refractivity contribution < 1.29 is 0 Å². The van der Waals surface area contributed by atoms with Gasteiger partial charge >= 0.3 is 0 Å². The molecule has 76 valence electrons. The lowest BCUT2D eigenvalue weighted by molar-refractivity contribution is 0.502. The van der Waals surface area contributed by atoms with E-state index < -0.39 is 0 Å². The molecule has 1 atom stereocenters. The number of hydrogen-bond donors (Lipinski definition) is 1. The van der Waals surface area contributed by atoms with Crippen molar-refractivity contribution in [3.8, 4) is 0 Å². The summed E-state index contributed by atoms with van der Waals surface area (Å²) in [6, 6.07) is 0.272. The first kappa shape index (κ1) is 9.86. The minimum atomic E-state index is 0.272. The zero-order valence-corrected chi connectivity index (χ0v) is 9.44. The van der Waals surface area contributed by atoms with Gasteiger partial charge in [-0.3, -0.25) is 0 Å². The Morgan fingerprint density at radius 1 is 1.43 bits per heavy atom. The lowest BCUT2D eigenvalue weighted by Gasteiger charge is -2.31. The van der Waals surface area contributed by atoms with Gasteiger partial charge in [-0.25, -0.2) is 9.97 Å². The van der Waals surface area contributed by atoms with Crippen LogP contribution < -0.4 is 10.6 Å². The third-order valence-corrected chi connectivity index (χ3v) is 2.80. The molecular weight excluding hydrogens is 244 g/mol. The van der Waals surface area contributed by atoms with Crippen molar-refractivity contribution in [2.45, 2.75) is 18.9 Å². The maximum atomic E-state index is 5.89. The molecule has 1 aromatic rings. The standard InChI is InChI=1S/C9H13BrN4/c10-8-4-13-9(5-12-8)14-3-1-2-7(11)6-14/h4-5,7H,1-3,6,11H2. The summed E-state index contributed by atoms with van der Waals surface area (Å²) in [6.45, 7) is 1.92. The van der Waals surface area contributed by atoms with Gasteiger partial charge in [-0.2, -0.15) is 0 Å². The van der Waals surface area contributed by atoms with E-state index in [1.807, 2.05) is 0 Å². The molecule has 14 heavy (non-hydrogen) atoms. The number of nitrogens with zero attached hydrogens (tertiary/aromatic N) is 3. The van der Waals surface area contributed by atoms with Gasteiger partial charge in [0, 0.05) is 19.1 Å². The molecule has 0 bridgehead atoms. The molecule has 1 unspecified atom stereocenters. The second-order valence-corrected chi connectivity index (χ2v) is 4.36. The third-order valence-electron chi connectivity index (χ3n) is 2.39. The monoisotopic (exact) mass is 256 g/mol. The van der Waals surface area contributed by atoms with Gasteiger partial charge in [-0.05, 0) is 28.8 Å². The highest BCUT2D eigenvalue weighted by Gasteiger charge is 2.17. The van der Waals surface area contributed by atoms with Crippen molar-refractivity contribution in [1.29, 1.82) is 0 Å². The Bertz CT molecular complexity index is 300. The molecule has 0 spiro atoms. The summed E-state index contributed by atoms with van der Waals surface area (Å²) in [5.41, 5.74) is 5.89. The second kappa shape index (κ2) is 4.23. The van der Waals surface area contributed by atoms with Crippen LogP contribution in [-0.4, -0.2) is 29.1 Å². The van der Waals surface area contributed by atoms with Gasteiger partial charge in [0.05, 0.1) is 12.4 Å². The van der Waals surface area contributed by atoms with E-state index in [9.17, 15) is 0 Å². The molecule has 1 aliphatic rings. The molecular formula is C9H13BrN4. The summed E-state index contributed by atoms with van der Waals surface area (Å²) < 4.78 is 0.766. The van der Waals surface area contributed by atoms with Gasteiger partial charge < -0.3 is 10.6 Å². The first-order chi connectivity index (χ1) is 6.75. The number of halogens is 1. The molecule has 0 aromatic carbocycles. The summed E-state index contributed by atoms with van der Waals surface area (Å²) in [7, 11) is 0. The topological polar surface area (TPSA) is 55.0 Å². The molecule has 1 saturated heterocycles. The SMILES string of the molecule is NC1CCCN(c2cnc(Br)cn2)C1. The third kappa shape index (κ3) is 2.22. The molecule has 2 rings (SSSR count). The minimum Gasteiger partial charge on any atom is -0.354 e. The Kier molecular flexibility index (Phi) is 2.98. The van der Waals surface area contributed by atoms with Gasteiger partial charge in [0.25, 0.3) is 0 Å². The summed E-state index contributed by atoms with van der Waals surface area (Å²) in [5.74, 6) is 0.920. The number of hydrogen-bond acceptors (Lipinski definition) is 4. The van der Waals surface area contributed by atoms with Crippen LogP contribution in [0, 0.1) is 0 Å². The Balaban J connectivity index is 2.10. The fourth-order valence-corrected chi connectivity index (χ4v) is 1.89. The number of piperidine rings is 1. The highest BCUT2D eigenvalue weighted by molar-refractivity contribution is 9.10. The van der Waals surface area contributed by atoms with Crippen molar-refractivity contribution in [1.82, 2.24) is 9.97 Å². The van der Waals surface area contributed by atoms with Crippen molar-refractivity contribution in [3.05, 3.63) is 17.0 Å². The van der Waals surface area contributed by atoms with Crippen LogP contribution in [0.4, 0.5) is 5.82 Å². The van der Waals surface area contributed by atoms with Crippen LogP contribution in [0.25, 0.3) is 0 Å². The number of rotatable bonds is 1.